The van der Waals surface area contributed by atoms with Gasteiger partial charge >= 0.3 is 6.09 Å². The maximum Gasteiger partial charge on any atom is 0.410 e. The molecule has 27 heavy (non-hydrogen) atoms. The van der Waals surface area contributed by atoms with Gasteiger partial charge in [-0.2, -0.15) is 0 Å². The first kappa shape index (κ1) is 18.8. The molecule has 1 fully saturated rings. The third-order valence-electron chi connectivity index (χ3n) is 4.19. The number of halogens is 2. The molecule has 2 aromatic rings. The quantitative estimate of drug-likeness (QED) is 0.786. The minimum atomic E-state index is -2.25. The maximum absolute atomic E-state index is 13.1. The lowest BCUT2D eigenvalue weighted by molar-refractivity contribution is -0.175. The van der Waals surface area contributed by atoms with Crippen LogP contribution in [0.3, 0.4) is 0 Å². The largest absolute Gasteiger partial charge is 0.410 e. The van der Waals surface area contributed by atoms with Crippen LogP contribution in [-0.2, 0) is 16.0 Å². The van der Waals surface area contributed by atoms with E-state index in [0.29, 0.717) is 11.3 Å². The number of para-hydroxylation sites is 1. The minimum Gasteiger partial charge on any atom is -0.407 e. The van der Waals surface area contributed by atoms with Gasteiger partial charge in [0, 0.05) is 31.3 Å². The molecule has 1 aliphatic rings. The SMILES string of the molecule is O=C(NCCc1cc(F)cc(F)c1)O[C@@]1(O)CCN(c2ccccc2)C1=O. The number of benzene rings is 2. The number of aliphatic hydroxyl groups is 1. The molecule has 3 rings (SSSR count). The van der Waals surface area contributed by atoms with Gasteiger partial charge in [0.05, 0.1) is 0 Å². The van der Waals surface area contributed by atoms with Gasteiger partial charge in [0.25, 0.3) is 11.7 Å². The molecule has 2 N–H and O–H groups in total. The lowest BCUT2D eigenvalue weighted by atomic mass is 10.1. The van der Waals surface area contributed by atoms with E-state index in [1.54, 1.807) is 30.3 Å². The number of alkyl carbamates (subject to hydrolysis) is 1. The summed E-state index contributed by atoms with van der Waals surface area (Å²) in [5.74, 6) is -4.39. The highest BCUT2D eigenvalue weighted by Crippen LogP contribution is 2.29. The molecule has 0 bridgehead atoms. The van der Waals surface area contributed by atoms with Gasteiger partial charge in [-0.15, -0.1) is 0 Å². The summed E-state index contributed by atoms with van der Waals surface area (Å²) in [7, 11) is 0. The Bertz CT molecular complexity index is 827. The summed E-state index contributed by atoms with van der Waals surface area (Å²) in [5, 5.41) is 12.7. The van der Waals surface area contributed by atoms with Crippen molar-refractivity contribution in [1.29, 1.82) is 0 Å². The zero-order chi connectivity index (χ0) is 19.4. The van der Waals surface area contributed by atoms with Gasteiger partial charge in [-0.25, -0.2) is 13.6 Å². The van der Waals surface area contributed by atoms with Crippen molar-refractivity contribution in [3.05, 3.63) is 65.7 Å². The predicted molar refractivity (Wildman–Crippen MR) is 92.9 cm³/mol. The summed E-state index contributed by atoms with van der Waals surface area (Å²) in [6.07, 6.45) is -0.895. The number of amides is 2. The zero-order valence-corrected chi connectivity index (χ0v) is 14.3. The first-order chi connectivity index (χ1) is 12.9. The van der Waals surface area contributed by atoms with Crippen molar-refractivity contribution < 1.29 is 28.2 Å². The summed E-state index contributed by atoms with van der Waals surface area (Å²) in [4.78, 5) is 25.7. The molecule has 0 unspecified atom stereocenters. The molecule has 1 aliphatic heterocycles. The van der Waals surface area contributed by atoms with Crippen LogP contribution in [0.2, 0.25) is 0 Å². The molecule has 2 aromatic carbocycles. The zero-order valence-electron chi connectivity index (χ0n) is 14.3. The summed E-state index contributed by atoms with van der Waals surface area (Å²) < 4.78 is 31.2. The van der Waals surface area contributed by atoms with Crippen LogP contribution in [0.5, 0.6) is 0 Å². The number of anilines is 1. The molecular formula is C19H18F2N2O4. The Morgan fingerprint density at radius 1 is 1.19 bits per heavy atom. The van der Waals surface area contributed by atoms with E-state index in [2.05, 4.69) is 5.32 Å². The van der Waals surface area contributed by atoms with Crippen LogP contribution >= 0.6 is 0 Å². The van der Waals surface area contributed by atoms with E-state index >= 15 is 0 Å². The molecule has 0 spiro atoms. The molecule has 1 heterocycles. The molecule has 0 radical (unpaired) electrons. The first-order valence-electron chi connectivity index (χ1n) is 8.38. The van der Waals surface area contributed by atoms with Crippen molar-refractivity contribution >= 4 is 17.7 Å². The van der Waals surface area contributed by atoms with E-state index in [1.165, 1.54) is 4.90 Å². The van der Waals surface area contributed by atoms with Crippen molar-refractivity contribution in [2.45, 2.75) is 18.6 Å². The standard InChI is InChI=1S/C19H18F2N2O4/c20-14-10-13(11-15(21)12-14)6-8-22-18(25)27-19(26)7-9-23(17(19)24)16-4-2-1-3-5-16/h1-5,10-12,26H,6-9H2,(H,22,25)/t19-/m0/s1. The van der Waals surface area contributed by atoms with Crippen LogP contribution < -0.4 is 10.2 Å². The summed E-state index contributed by atoms with van der Waals surface area (Å²) in [5.41, 5.74) is 0.953. The second-order valence-corrected chi connectivity index (χ2v) is 6.17. The Hall–Kier alpha value is -3.00. The van der Waals surface area contributed by atoms with Crippen LogP contribution in [0.15, 0.2) is 48.5 Å². The summed E-state index contributed by atoms with van der Waals surface area (Å²) in [6, 6.07) is 11.8. The fraction of sp³-hybridized carbons (Fsp3) is 0.263. The second-order valence-electron chi connectivity index (χ2n) is 6.17. The van der Waals surface area contributed by atoms with Gasteiger partial charge in [-0.05, 0) is 36.2 Å². The normalized spacial score (nSPS) is 19.2. The third-order valence-corrected chi connectivity index (χ3v) is 4.19. The van der Waals surface area contributed by atoms with E-state index in [4.69, 9.17) is 4.74 Å². The molecule has 142 valence electrons. The van der Waals surface area contributed by atoms with Gasteiger partial charge in [-0.1, -0.05) is 18.2 Å². The van der Waals surface area contributed by atoms with Gasteiger partial charge < -0.3 is 20.1 Å². The number of ether oxygens (including phenoxy) is 1. The van der Waals surface area contributed by atoms with Crippen LogP contribution in [0.4, 0.5) is 19.3 Å². The smallest absolute Gasteiger partial charge is 0.407 e. The maximum atomic E-state index is 13.1. The van der Waals surface area contributed by atoms with Crippen LogP contribution in [0, 0.1) is 11.6 Å². The third kappa shape index (κ3) is 4.40. The van der Waals surface area contributed by atoms with E-state index in [1.807, 2.05) is 0 Å². The molecule has 2 amide bonds. The van der Waals surface area contributed by atoms with Crippen molar-refractivity contribution in [3.8, 4) is 0 Å². The van der Waals surface area contributed by atoms with Crippen LogP contribution in [-0.4, -0.2) is 36.0 Å². The molecule has 1 saturated heterocycles. The van der Waals surface area contributed by atoms with Crippen LogP contribution in [0.1, 0.15) is 12.0 Å². The number of carbonyl (C=O) groups excluding carboxylic acids is 2. The summed E-state index contributed by atoms with van der Waals surface area (Å²) >= 11 is 0. The van der Waals surface area contributed by atoms with Gasteiger partial charge in [0.15, 0.2) is 0 Å². The van der Waals surface area contributed by atoms with Gasteiger partial charge in [-0.3, -0.25) is 4.79 Å². The molecule has 0 aliphatic carbocycles. The Balaban J connectivity index is 1.53. The molecular weight excluding hydrogens is 358 g/mol. The second kappa shape index (κ2) is 7.71. The Kier molecular flexibility index (Phi) is 5.36. The topological polar surface area (TPSA) is 78.9 Å². The lowest BCUT2D eigenvalue weighted by Gasteiger charge is -2.22. The highest BCUT2D eigenvalue weighted by Gasteiger charge is 2.49. The van der Waals surface area contributed by atoms with Gasteiger partial charge in [0.1, 0.15) is 11.6 Å². The number of nitrogens with one attached hydrogen (secondary N) is 1. The Morgan fingerprint density at radius 3 is 2.52 bits per heavy atom. The number of hydrogen-bond donors (Lipinski definition) is 2. The van der Waals surface area contributed by atoms with E-state index in [-0.39, 0.29) is 25.9 Å². The average Bonchev–Trinajstić information content (AvgIpc) is 2.90. The Labute approximate surface area is 154 Å². The molecule has 1 atom stereocenters. The average molecular weight is 376 g/mol. The fourth-order valence-corrected chi connectivity index (χ4v) is 2.89. The van der Waals surface area contributed by atoms with Crippen molar-refractivity contribution in [2.24, 2.45) is 0 Å². The summed E-state index contributed by atoms with van der Waals surface area (Å²) in [6.45, 7) is 0.226. The monoisotopic (exact) mass is 376 g/mol. The highest BCUT2D eigenvalue weighted by atomic mass is 19.1. The van der Waals surface area contributed by atoms with Crippen molar-refractivity contribution in [1.82, 2.24) is 5.32 Å². The molecule has 0 saturated carbocycles. The number of carbonyl (C=O) groups is 2. The highest BCUT2D eigenvalue weighted by molar-refractivity contribution is 6.01. The van der Waals surface area contributed by atoms with E-state index < -0.39 is 29.4 Å². The Morgan fingerprint density at radius 2 is 1.85 bits per heavy atom. The fourth-order valence-electron chi connectivity index (χ4n) is 2.89. The lowest BCUT2D eigenvalue weighted by Crippen LogP contribution is -2.46. The van der Waals surface area contributed by atoms with Crippen LogP contribution in [0.25, 0.3) is 0 Å². The minimum absolute atomic E-state index is 0.0222. The molecule has 0 aromatic heterocycles. The predicted octanol–water partition coefficient (Wildman–Crippen LogP) is 2.36. The number of hydrogen-bond acceptors (Lipinski definition) is 4. The molecule has 8 heteroatoms. The first-order valence-corrected chi connectivity index (χ1v) is 8.38. The van der Waals surface area contributed by atoms with Gasteiger partial charge in [0.2, 0.25) is 0 Å². The number of rotatable bonds is 5. The van der Waals surface area contributed by atoms with E-state index in [0.717, 1.165) is 18.2 Å². The van der Waals surface area contributed by atoms with Crippen molar-refractivity contribution in [3.63, 3.8) is 0 Å². The van der Waals surface area contributed by atoms with Crippen molar-refractivity contribution in [2.75, 3.05) is 18.0 Å². The number of nitrogens with zero attached hydrogens (tertiary/aromatic N) is 1. The van der Waals surface area contributed by atoms with E-state index in [9.17, 15) is 23.5 Å². The molecule has 6 nitrogen and oxygen atoms in total.